The monoisotopic (exact) mass is 281 g/mol. The summed E-state index contributed by atoms with van der Waals surface area (Å²) in [5, 5.41) is 2.78. The van der Waals surface area contributed by atoms with E-state index in [1.54, 1.807) is 19.1 Å². The van der Waals surface area contributed by atoms with E-state index in [2.05, 4.69) is 5.32 Å². The van der Waals surface area contributed by atoms with Crippen LogP contribution in [0.5, 0.6) is 0 Å². The number of ether oxygens (including phenoxy) is 1. The van der Waals surface area contributed by atoms with Crippen LogP contribution in [-0.2, 0) is 9.53 Å². The molecular formula is C13H12FNO3S. The Labute approximate surface area is 113 Å². The molecule has 2 aromatic rings. The van der Waals surface area contributed by atoms with Gasteiger partial charge in [0.1, 0.15) is 10.7 Å². The van der Waals surface area contributed by atoms with Gasteiger partial charge in [-0.05, 0) is 24.6 Å². The fraction of sp³-hybridized carbons (Fsp3) is 0.231. The number of nitrogens with one attached hydrogen (secondary N) is 1. The number of esters is 1. The number of carbonyl (C=O) groups excluding carboxylic acids is 2. The van der Waals surface area contributed by atoms with Crippen molar-refractivity contribution in [3.05, 3.63) is 34.5 Å². The Morgan fingerprint density at radius 3 is 2.79 bits per heavy atom. The number of hydrogen-bond acceptors (Lipinski definition) is 4. The van der Waals surface area contributed by atoms with Gasteiger partial charge >= 0.3 is 5.97 Å². The van der Waals surface area contributed by atoms with E-state index >= 15 is 0 Å². The lowest BCUT2D eigenvalue weighted by atomic mass is 10.1. The molecule has 1 N–H and O–H groups in total. The van der Waals surface area contributed by atoms with Crippen LogP contribution >= 0.6 is 11.3 Å². The Morgan fingerprint density at radius 1 is 1.42 bits per heavy atom. The molecule has 1 aromatic carbocycles. The summed E-state index contributed by atoms with van der Waals surface area (Å²) in [5.74, 6) is -1.36. The van der Waals surface area contributed by atoms with Crippen molar-refractivity contribution in [3.63, 3.8) is 0 Å². The number of rotatable bonds is 3. The summed E-state index contributed by atoms with van der Waals surface area (Å²) in [6, 6.07) is 4.68. The Bertz CT molecular complexity index is 651. The summed E-state index contributed by atoms with van der Waals surface area (Å²) >= 11 is 1.16. The molecule has 4 nitrogen and oxygen atoms in total. The molecule has 0 unspecified atom stereocenters. The molecule has 100 valence electrons. The SMILES string of the molecule is CNC(=O)COC(=O)c1sc2cccc(F)c2c1C. The average Bonchev–Trinajstić information content (AvgIpc) is 2.74. The molecular weight excluding hydrogens is 269 g/mol. The van der Waals surface area contributed by atoms with E-state index in [4.69, 9.17) is 4.74 Å². The average molecular weight is 281 g/mol. The number of carbonyl (C=O) groups is 2. The van der Waals surface area contributed by atoms with E-state index in [1.807, 2.05) is 0 Å². The Kier molecular flexibility index (Phi) is 3.80. The lowest BCUT2D eigenvalue weighted by Crippen LogP contribution is -2.25. The number of aryl methyl sites for hydroxylation is 1. The topological polar surface area (TPSA) is 55.4 Å². The predicted octanol–water partition coefficient (Wildman–Crippen LogP) is 2.25. The zero-order valence-corrected chi connectivity index (χ0v) is 11.3. The van der Waals surface area contributed by atoms with Gasteiger partial charge in [0.25, 0.3) is 5.91 Å². The number of hydrogen-bond donors (Lipinski definition) is 1. The second-order valence-corrected chi connectivity index (χ2v) is 4.97. The molecule has 0 radical (unpaired) electrons. The van der Waals surface area contributed by atoms with Crippen LogP contribution in [0.15, 0.2) is 18.2 Å². The van der Waals surface area contributed by atoms with Gasteiger partial charge in [-0.25, -0.2) is 9.18 Å². The molecule has 0 saturated carbocycles. The molecule has 0 aliphatic rings. The van der Waals surface area contributed by atoms with Crippen molar-refractivity contribution in [2.45, 2.75) is 6.92 Å². The van der Waals surface area contributed by atoms with Gasteiger partial charge in [0.15, 0.2) is 6.61 Å². The smallest absolute Gasteiger partial charge is 0.349 e. The first kappa shape index (κ1) is 13.5. The fourth-order valence-corrected chi connectivity index (χ4v) is 2.83. The quantitative estimate of drug-likeness (QED) is 0.878. The van der Waals surface area contributed by atoms with Gasteiger partial charge in [-0.15, -0.1) is 11.3 Å². The van der Waals surface area contributed by atoms with Crippen molar-refractivity contribution in [1.29, 1.82) is 0 Å². The van der Waals surface area contributed by atoms with Crippen molar-refractivity contribution in [1.82, 2.24) is 5.32 Å². The maximum atomic E-state index is 13.7. The van der Waals surface area contributed by atoms with Crippen LogP contribution < -0.4 is 5.32 Å². The fourth-order valence-electron chi connectivity index (χ4n) is 1.72. The highest BCUT2D eigenvalue weighted by Crippen LogP contribution is 2.32. The number of halogens is 1. The minimum atomic E-state index is -0.610. The van der Waals surface area contributed by atoms with Crippen LogP contribution in [0.2, 0.25) is 0 Å². The van der Waals surface area contributed by atoms with Gasteiger partial charge in [0, 0.05) is 17.1 Å². The molecule has 1 heterocycles. The normalized spacial score (nSPS) is 10.5. The van der Waals surface area contributed by atoms with E-state index in [-0.39, 0.29) is 12.4 Å². The lowest BCUT2D eigenvalue weighted by molar-refractivity contribution is -0.123. The zero-order valence-electron chi connectivity index (χ0n) is 10.5. The molecule has 0 aliphatic heterocycles. The van der Waals surface area contributed by atoms with Gasteiger partial charge in [-0.2, -0.15) is 0 Å². The molecule has 1 amide bonds. The number of fused-ring (bicyclic) bond motifs is 1. The maximum Gasteiger partial charge on any atom is 0.349 e. The largest absolute Gasteiger partial charge is 0.451 e. The van der Waals surface area contributed by atoms with Crippen LogP contribution in [-0.4, -0.2) is 25.5 Å². The highest BCUT2D eigenvalue weighted by Gasteiger charge is 2.19. The third-order valence-electron chi connectivity index (χ3n) is 2.70. The van der Waals surface area contributed by atoms with E-state index < -0.39 is 11.9 Å². The molecule has 19 heavy (non-hydrogen) atoms. The molecule has 0 fully saturated rings. The molecule has 1 aromatic heterocycles. The Balaban J connectivity index is 2.30. The summed E-state index contributed by atoms with van der Waals surface area (Å²) in [6.07, 6.45) is 0. The first-order chi connectivity index (χ1) is 9.04. The van der Waals surface area contributed by atoms with Crippen LogP contribution in [0, 0.1) is 12.7 Å². The minimum absolute atomic E-state index is 0.323. The second kappa shape index (κ2) is 5.36. The number of amides is 1. The van der Waals surface area contributed by atoms with Crippen LogP contribution in [0.1, 0.15) is 15.2 Å². The van der Waals surface area contributed by atoms with Gasteiger partial charge < -0.3 is 10.1 Å². The second-order valence-electron chi connectivity index (χ2n) is 3.92. The van der Waals surface area contributed by atoms with E-state index in [0.29, 0.717) is 20.5 Å². The summed E-state index contributed by atoms with van der Waals surface area (Å²) < 4.78 is 19.2. The van der Waals surface area contributed by atoms with Crippen LogP contribution in [0.4, 0.5) is 4.39 Å². The van der Waals surface area contributed by atoms with Gasteiger partial charge in [-0.1, -0.05) is 6.07 Å². The molecule has 0 saturated heterocycles. The van der Waals surface area contributed by atoms with Crippen molar-refractivity contribution in [2.75, 3.05) is 13.7 Å². The van der Waals surface area contributed by atoms with Gasteiger partial charge in [0.05, 0.1) is 0 Å². The summed E-state index contributed by atoms with van der Waals surface area (Å²) in [5.41, 5.74) is 0.542. The number of benzene rings is 1. The molecule has 0 bridgehead atoms. The highest BCUT2D eigenvalue weighted by atomic mass is 32.1. The van der Waals surface area contributed by atoms with Gasteiger partial charge in [-0.3, -0.25) is 4.79 Å². The summed E-state index contributed by atoms with van der Waals surface area (Å²) in [6.45, 7) is 1.32. The predicted molar refractivity (Wildman–Crippen MR) is 70.9 cm³/mol. The van der Waals surface area contributed by atoms with Crippen LogP contribution in [0.25, 0.3) is 10.1 Å². The molecule has 0 spiro atoms. The van der Waals surface area contributed by atoms with Crippen molar-refractivity contribution in [2.24, 2.45) is 0 Å². The Morgan fingerprint density at radius 2 is 2.16 bits per heavy atom. The molecule has 0 aliphatic carbocycles. The molecule has 0 atom stereocenters. The zero-order chi connectivity index (χ0) is 14.0. The third-order valence-corrected chi connectivity index (χ3v) is 3.94. The van der Waals surface area contributed by atoms with E-state index in [0.717, 1.165) is 11.3 Å². The summed E-state index contributed by atoms with van der Waals surface area (Å²) in [7, 11) is 1.45. The maximum absolute atomic E-state index is 13.7. The van der Waals surface area contributed by atoms with Crippen molar-refractivity contribution < 1.29 is 18.7 Å². The standard InChI is InChI=1S/C13H12FNO3S/c1-7-11-8(14)4-3-5-9(11)19-12(7)13(17)18-6-10(16)15-2/h3-5H,6H2,1-2H3,(H,15,16). The molecule has 2 rings (SSSR count). The molecule has 6 heteroatoms. The van der Waals surface area contributed by atoms with Crippen molar-refractivity contribution in [3.8, 4) is 0 Å². The number of likely N-dealkylation sites (N-methyl/N-ethyl adjacent to an activating group) is 1. The van der Waals surface area contributed by atoms with E-state index in [9.17, 15) is 14.0 Å². The minimum Gasteiger partial charge on any atom is -0.451 e. The first-order valence-corrected chi connectivity index (χ1v) is 6.41. The van der Waals surface area contributed by atoms with Gasteiger partial charge in [0.2, 0.25) is 0 Å². The Hall–Kier alpha value is -1.95. The highest BCUT2D eigenvalue weighted by molar-refractivity contribution is 7.21. The summed E-state index contributed by atoms with van der Waals surface area (Å²) in [4.78, 5) is 23.2. The first-order valence-electron chi connectivity index (χ1n) is 5.60. The van der Waals surface area contributed by atoms with E-state index in [1.165, 1.54) is 13.1 Å². The lowest BCUT2D eigenvalue weighted by Gasteiger charge is -2.02. The van der Waals surface area contributed by atoms with Crippen molar-refractivity contribution >= 4 is 33.3 Å². The third kappa shape index (κ3) is 2.58. The van der Waals surface area contributed by atoms with Crippen LogP contribution in [0.3, 0.4) is 0 Å². The number of thiophene rings is 1.